The van der Waals surface area contributed by atoms with Gasteiger partial charge in [-0.2, -0.15) is 0 Å². The lowest BCUT2D eigenvalue weighted by atomic mass is 10.0. The molecule has 0 saturated carbocycles. The van der Waals surface area contributed by atoms with Crippen LogP contribution in [-0.4, -0.2) is 18.1 Å². The van der Waals surface area contributed by atoms with Crippen LogP contribution in [0.3, 0.4) is 0 Å². The molecule has 1 aliphatic heterocycles. The van der Waals surface area contributed by atoms with Gasteiger partial charge in [0.25, 0.3) is 5.91 Å². The van der Waals surface area contributed by atoms with Crippen molar-refractivity contribution >= 4 is 33.2 Å². The summed E-state index contributed by atoms with van der Waals surface area (Å²) in [5.41, 5.74) is 2.94. The number of phenolic OH excluding ortho intramolecular Hbond substituents is 1. The molecule has 4 rings (SSSR count). The first-order chi connectivity index (χ1) is 13.1. The first-order valence-electron chi connectivity index (χ1n) is 8.40. The maximum atomic E-state index is 13.3. The first kappa shape index (κ1) is 17.4. The summed E-state index contributed by atoms with van der Waals surface area (Å²) >= 11 is 3.36. The minimum absolute atomic E-state index is 0.105. The number of fused-ring (bicyclic) bond motifs is 1. The fourth-order valence-corrected chi connectivity index (χ4v) is 3.60. The summed E-state index contributed by atoms with van der Waals surface area (Å²) in [6.45, 7) is 0. The molecule has 0 aliphatic carbocycles. The van der Waals surface area contributed by atoms with Crippen LogP contribution in [0.2, 0.25) is 0 Å². The molecule has 1 aliphatic rings. The molecule has 0 saturated heterocycles. The van der Waals surface area contributed by atoms with E-state index in [2.05, 4.69) is 21.2 Å². The lowest BCUT2D eigenvalue weighted by Crippen LogP contribution is -2.43. The molecule has 3 aromatic rings. The smallest absolute Gasteiger partial charge is 0.262 e. The Balaban J connectivity index is 1.87. The number of benzene rings is 3. The van der Waals surface area contributed by atoms with Gasteiger partial charge in [-0.15, -0.1) is 0 Å². The highest BCUT2D eigenvalue weighted by Gasteiger charge is 2.34. The topological polar surface area (TPSA) is 61.8 Å². The van der Waals surface area contributed by atoms with Crippen molar-refractivity contribution in [1.82, 2.24) is 0 Å². The molecule has 0 spiro atoms. The third-order valence-corrected chi connectivity index (χ3v) is 5.18. The van der Waals surface area contributed by atoms with Gasteiger partial charge in [0.1, 0.15) is 17.7 Å². The second-order valence-electron chi connectivity index (χ2n) is 6.18. The van der Waals surface area contributed by atoms with Crippen LogP contribution >= 0.6 is 15.9 Å². The van der Waals surface area contributed by atoms with Crippen molar-refractivity contribution in [3.63, 3.8) is 0 Å². The number of aromatic hydroxyl groups is 1. The van der Waals surface area contributed by atoms with E-state index in [1.54, 1.807) is 36.3 Å². The van der Waals surface area contributed by atoms with Gasteiger partial charge in [0.15, 0.2) is 0 Å². The van der Waals surface area contributed by atoms with E-state index in [0.29, 0.717) is 15.8 Å². The van der Waals surface area contributed by atoms with E-state index in [1.807, 2.05) is 42.5 Å². The van der Waals surface area contributed by atoms with Crippen LogP contribution in [0, 0.1) is 0 Å². The Morgan fingerprint density at radius 1 is 1.07 bits per heavy atom. The number of anilines is 2. The van der Waals surface area contributed by atoms with Crippen LogP contribution in [0.4, 0.5) is 11.4 Å². The monoisotopic (exact) mass is 424 g/mol. The van der Waals surface area contributed by atoms with Crippen LogP contribution < -0.4 is 15.0 Å². The average Bonchev–Trinajstić information content (AvgIpc) is 2.70. The predicted octanol–water partition coefficient (Wildman–Crippen LogP) is 4.93. The molecule has 3 aromatic carbocycles. The zero-order valence-corrected chi connectivity index (χ0v) is 16.1. The number of rotatable bonds is 3. The third kappa shape index (κ3) is 3.13. The maximum Gasteiger partial charge on any atom is 0.262 e. The molecule has 0 bridgehead atoms. The summed E-state index contributed by atoms with van der Waals surface area (Å²) in [7, 11) is 1.60. The minimum atomic E-state index is -0.434. The average molecular weight is 425 g/mol. The number of amides is 1. The Hall–Kier alpha value is -2.99. The highest BCUT2D eigenvalue weighted by molar-refractivity contribution is 9.10. The van der Waals surface area contributed by atoms with Crippen molar-refractivity contribution in [2.45, 2.75) is 6.17 Å². The molecule has 0 radical (unpaired) electrons. The van der Waals surface area contributed by atoms with E-state index >= 15 is 0 Å². The van der Waals surface area contributed by atoms with Gasteiger partial charge >= 0.3 is 0 Å². The Kier molecular flexibility index (Phi) is 4.49. The van der Waals surface area contributed by atoms with Crippen LogP contribution in [0.15, 0.2) is 71.2 Å². The molecule has 1 atom stereocenters. The number of nitrogens with zero attached hydrogens (tertiary/aromatic N) is 1. The molecule has 2 N–H and O–H groups in total. The van der Waals surface area contributed by atoms with Gasteiger partial charge in [0, 0.05) is 11.8 Å². The van der Waals surface area contributed by atoms with E-state index in [1.165, 1.54) is 0 Å². The van der Waals surface area contributed by atoms with Gasteiger partial charge in [-0.1, -0.05) is 24.3 Å². The molecule has 136 valence electrons. The van der Waals surface area contributed by atoms with Gasteiger partial charge in [-0.25, -0.2) is 0 Å². The SMILES string of the molecule is COc1cccc(N2C(=O)c3ccccc3NC2c2ccc(O)c(Br)c2)c1. The number of hydrogen-bond donors (Lipinski definition) is 2. The van der Waals surface area contributed by atoms with Crippen LogP contribution in [0.25, 0.3) is 0 Å². The zero-order chi connectivity index (χ0) is 19.0. The standard InChI is InChI=1S/C21H17BrN2O3/c1-27-15-6-4-5-14(12-15)24-20(13-9-10-19(25)17(22)11-13)23-18-8-3-2-7-16(18)21(24)26/h2-12,20,23,25H,1H3. The van der Waals surface area contributed by atoms with Gasteiger partial charge in [-0.05, 0) is 57.9 Å². The quantitative estimate of drug-likeness (QED) is 0.625. The van der Waals surface area contributed by atoms with Crippen molar-refractivity contribution in [3.8, 4) is 11.5 Å². The molecule has 5 nitrogen and oxygen atoms in total. The van der Waals surface area contributed by atoms with E-state index in [4.69, 9.17) is 4.74 Å². The molecule has 0 fully saturated rings. The summed E-state index contributed by atoms with van der Waals surface area (Å²) < 4.78 is 5.90. The highest BCUT2D eigenvalue weighted by atomic mass is 79.9. The van der Waals surface area contributed by atoms with Gasteiger partial charge in [0.2, 0.25) is 0 Å². The maximum absolute atomic E-state index is 13.3. The number of ether oxygens (including phenoxy) is 1. The number of halogens is 1. The van der Waals surface area contributed by atoms with E-state index in [-0.39, 0.29) is 11.7 Å². The van der Waals surface area contributed by atoms with E-state index < -0.39 is 6.17 Å². The lowest BCUT2D eigenvalue weighted by molar-refractivity contribution is 0.0975. The van der Waals surface area contributed by atoms with E-state index in [0.717, 1.165) is 16.9 Å². The minimum Gasteiger partial charge on any atom is -0.507 e. The Morgan fingerprint density at radius 2 is 1.89 bits per heavy atom. The predicted molar refractivity (Wildman–Crippen MR) is 108 cm³/mol. The van der Waals surface area contributed by atoms with Crippen LogP contribution in [-0.2, 0) is 0 Å². The van der Waals surface area contributed by atoms with E-state index in [9.17, 15) is 9.90 Å². The molecular formula is C21H17BrN2O3. The van der Waals surface area contributed by atoms with Crippen molar-refractivity contribution in [3.05, 3.63) is 82.3 Å². The zero-order valence-electron chi connectivity index (χ0n) is 14.5. The Morgan fingerprint density at radius 3 is 2.67 bits per heavy atom. The second-order valence-corrected chi connectivity index (χ2v) is 7.03. The van der Waals surface area contributed by atoms with Crippen LogP contribution in [0.1, 0.15) is 22.1 Å². The van der Waals surface area contributed by atoms with Crippen LogP contribution in [0.5, 0.6) is 11.5 Å². The fraction of sp³-hybridized carbons (Fsp3) is 0.0952. The van der Waals surface area contributed by atoms with Gasteiger partial charge < -0.3 is 15.2 Å². The molecule has 1 unspecified atom stereocenters. The fourth-order valence-electron chi connectivity index (χ4n) is 3.21. The number of methoxy groups -OCH3 is 1. The molecule has 1 amide bonds. The van der Waals surface area contributed by atoms with Gasteiger partial charge in [-0.3, -0.25) is 9.69 Å². The molecule has 1 heterocycles. The molecule has 6 heteroatoms. The summed E-state index contributed by atoms with van der Waals surface area (Å²) in [6, 6.07) is 20.0. The van der Waals surface area contributed by atoms with Crippen molar-refractivity contribution in [2.24, 2.45) is 0 Å². The number of carbonyl (C=O) groups is 1. The number of nitrogens with one attached hydrogen (secondary N) is 1. The summed E-state index contributed by atoms with van der Waals surface area (Å²) in [4.78, 5) is 15.0. The first-order valence-corrected chi connectivity index (χ1v) is 9.19. The molecule has 0 aromatic heterocycles. The summed E-state index contributed by atoms with van der Waals surface area (Å²) in [6.07, 6.45) is -0.434. The largest absolute Gasteiger partial charge is 0.507 e. The summed E-state index contributed by atoms with van der Waals surface area (Å²) in [5.74, 6) is 0.714. The lowest BCUT2D eigenvalue weighted by Gasteiger charge is -2.38. The number of para-hydroxylation sites is 1. The Labute approximate surface area is 165 Å². The van der Waals surface area contributed by atoms with Crippen molar-refractivity contribution in [2.75, 3.05) is 17.3 Å². The normalized spacial score (nSPS) is 15.9. The highest BCUT2D eigenvalue weighted by Crippen LogP contribution is 2.39. The molecule has 27 heavy (non-hydrogen) atoms. The Bertz CT molecular complexity index is 1020. The second kappa shape index (κ2) is 6.96. The third-order valence-electron chi connectivity index (χ3n) is 4.55. The van der Waals surface area contributed by atoms with Gasteiger partial charge in [0.05, 0.1) is 22.8 Å². The number of phenols is 1. The molecular weight excluding hydrogens is 408 g/mol. The summed E-state index contributed by atoms with van der Waals surface area (Å²) in [5, 5.41) is 13.3. The van der Waals surface area contributed by atoms with Crippen molar-refractivity contribution in [1.29, 1.82) is 0 Å². The number of hydrogen-bond acceptors (Lipinski definition) is 4. The van der Waals surface area contributed by atoms with Crippen molar-refractivity contribution < 1.29 is 14.6 Å². The number of carbonyl (C=O) groups excluding carboxylic acids is 1.